The number of aromatic nitrogens is 1. The van der Waals surface area contributed by atoms with Crippen LogP contribution in [0, 0.1) is 13.8 Å². The summed E-state index contributed by atoms with van der Waals surface area (Å²) in [6, 6.07) is 1.73. The molecule has 0 aliphatic carbocycles. The summed E-state index contributed by atoms with van der Waals surface area (Å²) in [5, 5.41) is 4.57. The molecule has 0 aliphatic heterocycles. The maximum Gasteiger partial charge on any atom is 0.261 e. The first-order chi connectivity index (χ1) is 8.06. The van der Waals surface area contributed by atoms with Crippen LogP contribution in [0.5, 0.6) is 0 Å². The molecule has 2 aromatic heterocycles. The Labute approximate surface area is 108 Å². The molecule has 90 valence electrons. The van der Waals surface area contributed by atoms with Crippen molar-refractivity contribution in [1.82, 2.24) is 10.3 Å². The standard InChI is InChI=1S/C11H12N2O2S2/c1-6-7(2)15-10(13-6)4-12-11(14)9-3-8(16)5-17-9/h3,5,16H,4H2,1-2H3,(H,12,14). The van der Waals surface area contributed by atoms with Crippen LogP contribution in [0.15, 0.2) is 20.8 Å². The highest BCUT2D eigenvalue weighted by molar-refractivity contribution is 7.80. The van der Waals surface area contributed by atoms with Crippen LogP contribution >= 0.6 is 24.0 Å². The Morgan fingerprint density at radius 3 is 2.88 bits per heavy atom. The second-order valence-corrected chi connectivity index (χ2v) is 5.03. The van der Waals surface area contributed by atoms with E-state index in [1.807, 2.05) is 19.2 Å². The van der Waals surface area contributed by atoms with Gasteiger partial charge in [0.05, 0.1) is 17.1 Å². The summed E-state index contributed by atoms with van der Waals surface area (Å²) in [5.41, 5.74) is 0.850. The zero-order valence-electron chi connectivity index (χ0n) is 9.48. The highest BCUT2D eigenvalue weighted by Crippen LogP contribution is 2.17. The summed E-state index contributed by atoms with van der Waals surface area (Å²) in [4.78, 5) is 17.3. The van der Waals surface area contributed by atoms with Gasteiger partial charge in [-0.25, -0.2) is 4.98 Å². The molecular weight excluding hydrogens is 256 g/mol. The molecule has 2 aromatic rings. The highest BCUT2D eigenvalue weighted by Gasteiger charge is 2.10. The molecule has 0 atom stereocenters. The lowest BCUT2D eigenvalue weighted by Gasteiger charge is -1.99. The van der Waals surface area contributed by atoms with E-state index in [1.54, 1.807) is 6.07 Å². The van der Waals surface area contributed by atoms with Crippen LogP contribution in [0.3, 0.4) is 0 Å². The Hall–Kier alpha value is -1.27. The first kappa shape index (κ1) is 12.2. The molecule has 0 spiro atoms. The molecule has 0 saturated carbocycles. The molecule has 0 aliphatic rings. The van der Waals surface area contributed by atoms with Crippen LogP contribution in [-0.4, -0.2) is 10.9 Å². The third-order valence-electron chi connectivity index (χ3n) is 2.28. The molecule has 4 nitrogen and oxygen atoms in total. The number of thiol groups is 1. The number of carbonyl (C=O) groups excluding carboxylic acids is 1. The number of thiophene rings is 1. The predicted molar refractivity (Wildman–Crippen MR) is 68.7 cm³/mol. The summed E-state index contributed by atoms with van der Waals surface area (Å²) >= 11 is 5.52. The van der Waals surface area contributed by atoms with Gasteiger partial charge in [0, 0.05) is 10.3 Å². The van der Waals surface area contributed by atoms with Gasteiger partial charge in [-0.3, -0.25) is 4.79 Å². The average Bonchev–Trinajstić information content (AvgIpc) is 2.83. The van der Waals surface area contributed by atoms with E-state index in [9.17, 15) is 4.79 Å². The van der Waals surface area contributed by atoms with Crippen LogP contribution in [0.4, 0.5) is 0 Å². The van der Waals surface area contributed by atoms with E-state index in [-0.39, 0.29) is 5.91 Å². The normalized spacial score (nSPS) is 10.5. The van der Waals surface area contributed by atoms with Gasteiger partial charge in [0.2, 0.25) is 5.89 Å². The van der Waals surface area contributed by atoms with Crippen molar-refractivity contribution in [2.24, 2.45) is 0 Å². The summed E-state index contributed by atoms with van der Waals surface area (Å²) in [6.45, 7) is 4.02. The fraction of sp³-hybridized carbons (Fsp3) is 0.273. The van der Waals surface area contributed by atoms with E-state index in [1.165, 1.54) is 11.3 Å². The van der Waals surface area contributed by atoms with Gasteiger partial charge >= 0.3 is 0 Å². The molecule has 0 aromatic carbocycles. The molecule has 0 fully saturated rings. The van der Waals surface area contributed by atoms with Crippen molar-refractivity contribution in [3.63, 3.8) is 0 Å². The quantitative estimate of drug-likeness (QED) is 0.841. The number of rotatable bonds is 3. The number of hydrogen-bond acceptors (Lipinski definition) is 5. The maximum absolute atomic E-state index is 11.7. The van der Waals surface area contributed by atoms with Crippen molar-refractivity contribution >= 4 is 29.9 Å². The van der Waals surface area contributed by atoms with E-state index in [4.69, 9.17) is 4.42 Å². The van der Waals surface area contributed by atoms with Crippen LogP contribution in [0.2, 0.25) is 0 Å². The lowest BCUT2D eigenvalue weighted by Crippen LogP contribution is -2.21. The molecule has 0 saturated heterocycles. The predicted octanol–water partition coefficient (Wildman–Crippen LogP) is 2.57. The van der Waals surface area contributed by atoms with Crippen molar-refractivity contribution in [3.05, 3.63) is 33.7 Å². The minimum atomic E-state index is -0.135. The number of nitrogens with one attached hydrogen (secondary N) is 1. The molecule has 0 radical (unpaired) electrons. The van der Waals surface area contributed by atoms with Crippen molar-refractivity contribution in [3.8, 4) is 0 Å². The Kier molecular flexibility index (Phi) is 3.54. The molecular formula is C11H12N2O2S2. The molecule has 1 amide bonds. The average molecular weight is 268 g/mol. The number of carbonyl (C=O) groups is 1. The number of hydrogen-bond donors (Lipinski definition) is 2. The van der Waals surface area contributed by atoms with Gasteiger partial charge in [-0.15, -0.1) is 24.0 Å². The van der Waals surface area contributed by atoms with Crippen LogP contribution in [0.25, 0.3) is 0 Å². The molecule has 0 bridgehead atoms. The lowest BCUT2D eigenvalue weighted by atomic mass is 10.4. The zero-order valence-corrected chi connectivity index (χ0v) is 11.2. The van der Waals surface area contributed by atoms with Crippen LogP contribution in [-0.2, 0) is 6.54 Å². The van der Waals surface area contributed by atoms with Gasteiger partial charge in [-0.05, 0) is 19.9 Å². The van der Waals surface area contributed by atoms with Gasteiger partial charge < -0.3 is 9.73 Å². The lowest BCUT2D eigenvalue weighted by molar-refractivity contribution is 0.0951. The minimum absolute atomic E-state index is 0.135. The third kappa shape index (κ3) is 2.89. The van der Waals surface area contributed by atoms with Crippen molar-refractivity contribution in [2.75, 3.05) is 0 Å². The summed E-state index contributed by atoms with van der Waals surface area (Å²) in [7, 11) is 0. The largest absolute Gasteiger partial charge is 0.444 e. The summed E-state index contributed by atoms with van der Waals surface area (Å²) in [5.74, 6) is 1.17. The second-order valence-electron chi connectivity index (χ2n) is 3.60. The topological polar surface area (TPSA) is 55.1 Å². The first-order valence-electron chi connectivity index (χ1n) is 5.05. The molecule has 1 N–H and O–H groups in total. The molecule has 2 rings (SSSR count). The monoisotopic (exact) mass is 268 g/mol. The zero-order chi connectivity index (χ0) is 12.4. The SMILES string of the molecule is Cc1nc(CNC(=O)c2cc(S)cs2)oc1C. The molecule has 17 heavy (non-hydrogen) atoms. The Balaban J connectivity index is 1.96. The smallest absolute Gasteiger partial charge is 0.261 e. The van der Waals surface area contributed by atoms with Gasteiger partial charge in [-0.1, -0.05) is 0 Å². The number of oxazole rings is 1. The van der Waals surface area contributed by atoms with Crippen LogP contribution < -0.4 is 5.32 Å². The van der Waals surface area contributed by atoms with Crippen molar-refractivity contribution in [1.29, 1.82) is 0 Å². The van der Waals surface area contributed by atoms with E-state index < -0.39 is 0 Å². The van der Waals surface area contributed by atoms with E-state index in [0.717, 1.165) is 16.3 Å². The second kappa shape index (κ2) is 4.93. The maximum atomic E-state index is 11.7. The molecule has 0 unspecified atom stereocenters. The summed E-state index contributed by atoms with van der Waals surface area (Å²) < 4.78 is 5.37. The van der Waals surface area contributed by atoms with E-state index in [0.29, 0.717) is 17.3 Å². The van der Waals surface area contributed by atoms with Gasteiger partial charge in [0.15, 0.2) is 0 Å². The van der Waals surface area contributed by atoms with Crippen LogP contribution in [0.1, 0.15) is 27.0 Å². The molecule has 2 heterocycles. The molecule has 6 heteroatoms. The highest BCUT2D eigenvalue weighted by atomic mass is 32.1. The third-order valence-corrected chi connectivity index (χ3v) is 3.64. The minimum Gasteiger partial charge on any atom is -0.444 e. The summed E-state index contributed by atoms with van der Waals surface area (Å²) in [6.07, 6.45) is 0. The van der Waals surface area contributed by atoms with Gasteiger partial charge in [0.25, 0.3) is 5.91 Å². The van der Waals surface area contributed by atoms with Gasteiger partial charge in [-0.2, -0.15) is 0 Å². The fourth-order valence-electron chi connectivity index (χ4n) is 1.30. The van der Waals surface area contributed by atoms with Crippen molar-refractivity contribution in [2.45, 2.75) is 25.3 Å². The van der Waals surface area contributed by atoms with E-state index in [2.05, 4.69) is 22.9 Å². The Morgan fingerprint density at radius 2 is 2.35 bits per heavy atom. The number of nitrogens with zero attached hydrogens (tertiary/aromatic N) is 1. The van der Waals surface area contributed by atoms with Gasteiger partial charge in [0.1, 0.15) is 5.76 Å². The number of aryl methyl sites for hydroxylation is 2. The van der Waals surface area contributed by atoms with Crippen molar-refractivity contribution < 1.29 is 9.21 Å². The Morgan fingerprint density at radius 1 is 1.59 bits per heavy atom. The van der Waals surface area contributed by atoms with E-state index >= 15 is 0 Å². The Bertz CT molecular complexity index is 526. The fourth-order valence-corrected chi connectivity index (χ4v) is 2.37. The number of amides is 1. The first-order valence-corrected chi connectivity index (χ1v) is 6.37.